The molecule has 0 aliphatic heterocycles. The Balaban J connectivity index is 2.18. The van der Waals surface area contributed by atoms with Crippen molar-refractivity contribution in [1.82, 2.24) is 9.78 Å². The van der Waals surface area contributed by atoms with Gasteiger partial charge in [-0.2, -0.15) is 5.10 Å². The number of hydrogen-bond acceptors (Lipinski definition) is 2. The number of rotatable bonds is 3. The van der Waals surface area contributed by atoms with Crippen molar-refractivity contribution >= 4 is 0 Å². The molecule has 0 fully saturated rings. The summed E-state index contributed by atoms with van der Waals surface area (Å²) in [7, 11) is 0. The van der Waals surface area contributed by atoms with Gasteiger partial charge in [0.25, 0.3) is 0 Å². The van der Waals surface area contributed by atoms with Crippen LogP contribution in [0.1, 0.15) is 6.92 Å². The number of hydrogen-bond donors (Lipinski definition) is 0. The molecule has 0 radical (unpaired) electrons. The van der Waals surface area contributed by atoms with E-state index in [4.69, 9.17) is 4.74 Å². The number of ether oxygens (including phenoxy) is 1. The lowest BCUT2D eigenvalue weighted by Gasteiger charge is -2.02. The van der Waals surface area contributed by atoms with E-state index in [0.717, 1.165) is 6.54 Å². The highest BCUT2D eigenvalue weighted by Gasteiger charge is 2.04. The molecule has 15 heavy (non-hydrogen) atoms. The van der Waals surface area contributed by atoms with E-state index in [1.165, 1.54) is 6.07 Å². The second-order valence-corrected chi connectivity index (χ2v) is 3.06. The molecule has 0 N–H and O–H groups in total. The van der Waals surface area contributed by atoms with Gasteiger partial charge in [-0.25, -0.2) is 4.39 Å². The molecule has 2 aromatic rings. The van der Waals surface area contributed by atoms with Crippen LogP contribution >= 0.6 is 0 Å². The SMILES string of the molecule is CCn1cc(Oc2ccccc2F)cn1. The quantitative estimate of drug-likeness (QED) is 0.772. The van der Waals surface area contributed by atoms with Crippen molar-refractivity contribution in [2.75, 3.05) is 0 Å². The number of para-hydroxylation sites is 1. The first kappa shape index (κ1) is 9.71. The maximum absolute atomic E-state index is 13.2. The van der Waals surface area contributed by atoms with Crippen molar-refractivity contribution in [2.24, 2.45) is 0 Å². The number of benzene rings is 1. The molecule has 4 heteroatoms. The van der Waals surface area contributed by atoms with E-state index in [-0.39, 0.29) is 11.6 Å². The van der Waals surface area contributed by atoms with Crippen LogP contribution in [0, 0.1) is 5.82 Å². The van der Waals surface area contributed by atoms with Gasteiger partial charge in [0, 0.05) is 6.54 Å². The zero-order chi connectivity index (χ0) is 10.7. The smallest absolute Gasteiger partial charge is 0.165 e. The molecule has 0 unspecified atom stereocenters. The Morgan fingerprint density at radius 1 is 1.40 bits per heavy atom. The average molecular weight is 206 g/mol. The van der Waals surface area contributed by atoms with E-state index in [0.29, 0.717) is 5.75 Å². The minimum absolute atomic E-state index is 0.216. The molecule has 1 aromatic carbocycles. The van der Waals surface area contributed by atoms with Crippen molar-refractivity contribution in [3.05, 3.63) is 42.5 Å². The van der Waals surface area contributed by atoms with Gasteiger partial charge in [-0.05, 0) is 19.1 Å². The molecule has 3 nitrogen and oxygen atoms in total. The lowest BCUT2D eigenvalue weighted by molar-refractivity contribution is 0.441. The van der Waals surface area contributed by atoms with Gasteiger partial charge in [0.15, 0.2) is 17.3 Å². The van der Waals surface area contributed by atoms with Crippen LogP contribution in [0.4, 0.5) is 4.39 Å². The van der Waals surface area contributed by atoms with Crippen LogP contribution in [-0.2, 0) is 6.54 Å². The van der Waals surface area contributed by atoms with Crippen LogP contribution in [-0.4, -0.2) is 9.78 Å². The van der Waals surface area contributed by atoms with Crippen LogP contribution in [0.15, 0.2) is 36.7 Å². The van der Waals surface area contributed by atoms with Gasteiger partial charge in [-0.15, -0.1) is 0 Å². The molecule has 0 bridgehead atoms. The molecule has 0 amide bonds. The Hall–Kier alpha value is -1.84. The Bertz CT molecular complexity index is 453. The minimum atomic E-state index is -0.373. The van der Waals surface area contributed by atoms with Crippen LogP contribution in [0.3, 0.4) is 0 Å². The number of nitrogens with zero attached hydrogens (tertiary/aromatic N) is 2. The third kappa shape index (κ3) is 2.15. The van der Waals surface area contributed by atoms with E-state index in [9.17, 15) is 4.39 Å². The molecule has 0 aliphatic carbocycles. The first-order valence-electron chi connectivity index (χ1n) is 4.74. The highest BCUT2D eigenvalue weighted by atomic mass is 19.1. The van der Waals surface area contributed by atoms with Crippen LogP contribution in [0.5, 0.6) is 11.5 Å². The topological polar surface area (TPSA) is 27.1 Å². The Kier molecular flexibility index (Phi) is 2.67. The second kappa shape index (κ2) is 4.13. The van der Waals surface area contributed by atoms with Crippen molar-refractivity contribution in [3.63, 3.8) is 0 Å². The van der Waals surface area contributed by atoms with Gasteiger partial charge in [-0.3, -0.25) is 4.68 Å². The number of halogens is 1. The summed E-state index contributed by atoms with van der Waals surface area (Å²) in [4.78, 5) is 0. The normalized spacial score (nSPS) is 10.3. The molecule has 78 valence electrons. The zero-order valence-electron chi connectivity index (χ0n) is 8.35. The molecule has 0 saturated heterocycles. The first-order chi connectivity index (χ1) is 7.29. The molecule has 2 rings (SSSR count). The Labute approximate surface area is 87.1 Å². The molecule has 0 saturated carbocycles. The summed E-state index contributed by atoms with van der Waals surface area (Å²) in [5, 5.41) is 4.03. The second-order valence-electron chi connectivity index (χ2n) is 3.06. The zero-order valence-corrected chi connectivity index (χ0v) is 8.35. The molecular weight excluding hydrogens is 195 g/mol. The van der Waals surface area contributed by atoms with Gasteiger partial charge < -0.3 is 4.74 Å². The predicted molar refractivity (Wildman–Crippen MR) is 54.4 cm³/mol. The summed E-state index contributed by atoms with van der Waals surface area (Å²) in [6.07, 6.45) is 3.29. The van der Waals surface area contributed by atoms with E-state index in [2.05, 4.69) is 5.10 Å². The van der Waals surface area contributed by atoms with Gasteiger partial charge in [0.2, 0.25) is 0 Å². The maximum atomic E-state index is 13.2. The van der Waals surface area contributed by atoms with Gasteiger partial charge in [0.05, 0.1) is 12.4 Å². The van der Waals surface area contributed by atoms with Crippen LogP contribution < -0.4 is 4.74 Å². The van der Waals surface area contributed by atoms with Crippen molar-refractivity contribution in [1.29, 1.82) is 0 Å². The minimum Gasteiger partial charge on any atom is -0.451 e. The fourth-order valence-corrected chi connectivity index (χ4v) is 1.22. The van der Waals surface area contributed by atoms with Crippen molar-refractivity contribution in [3.8, 4) is 11.5 Å². The third-order valence-electron chi connectivity index (χ3n) is 2.00. The molecule has 0 atom stereocenters. The van der Waals surface area contributed by atoms with Gasteiger partial charge in [0.1, 0.15) is 0 Å². The van der Waals surface area contributed by atoms with E-state index in [1.807, 2.05) is 6.92 Å². The molecule has 1 heterocycles. The fourth-order valence-electron chi connectivity index (χ4n) is 1.22. The summed E-state index contributed by atoms with van der Waals surface area (Å²) in [6.45, 7) is 2.74. The van der Waals surface area contributed by atoms with E-state index >= 15 is 0 Å². The highest BCUT2D eigenvalue weighted by Crippen LogP contribution is 2.23. The fraction of sp³-hybridized carbons (Fsp3) is 0.182. The van der Waals surface area contributed by atoms with Gasteiger partial charge >= 0.3 is 0 Å². The number of aromatic nitrogens is 2. The van der Waals surface area contributed by atoms with Gasteiger partial charge in [-0.1, -0.05) is 12.1 Å². The average Bonchev–Trinajstić information content (AvgIpc) is 2.69. The third-order valence-corrected chi connectivity index (χ3v) is 2.00. The highest BCUT2D eigenvalue weighted by molar-refractivity contribution is 5.29. The molecule has 0 spiro atoms. The lowest BCUT2D eigenvalue weighted by Crippen LogP contribution is -1.92. The summed E-state index contributed by atoms with van der Waals surface area (Å²) in [5.74, 6) is 0.386. The summed E-state index contributed by atoms with van der Waals surface area (Å²) >= 11 is 0. The molecule has 1 aromatic heterocycles. The Morgan fingerprint density at radius 3 is 2.87 bits per heavy atom. The standard InChI is InChI=1S/C11H11FN2O/c1-2-14-8-9(7-13-14)15-11-6-4-3-5-10(11)12/h3-8H,2H2,1H3. The predicted octanol–water partition coefficient (Wildman–Crippen LogP) is 2.83. The lowest BCUT2D eigenvalue weighted by atomic mass is 10.3. The number of aryl methyl sites for hydroxylation is 1. The Morgan fingerprint density at radius 2 is 2.20 bits per heavy atom. The summed E-state index contributed by atoms with van der Waals surface area (Å²) in [6, 6.07) is 6.29. The van der Waals surface area contributed by atoms with Crippen molar-refractivity contribution < 1.29 is 9.13 Å². The largest absolute Gasteiger partial charge is 0.451 e. The first-order valence-corrected chi connectivity index (χ1v) is 4.74. The van der Waals surface area contributed by atoms with Crippen LogP contribution in [0.25, 0.3) is 0 Å². The van der Waals surface area contributed by atoms with E-state index in [1.54, 1.807) is 35.3 Å². The van der Waals surface area contributed by atoms with Crippen LogP contribution in [0.2, 0.25) is 0 Å². The van der Waals surface area contributed by atoms with E-state index < -0.39 is 0 Å². The summed E-state index contributed by atoms with van der Waals surface area (Å²) in [5.41, 5.74) is 0. The maximum Gasteiger partial charge on any atom is 0.165 e. The van der Waals surface area contributed by atoms with Crippen molar-refractivity contribution in [2.45, 2.75) is 13.5 Å². The molecule has 0 aliphatic rings. The molecular formula is C11H11FN2O. The summed E-state index contributed by atoms with van der Waals surface area (Å²) < 4.78 is 20.3. The monoisotopic (exact) mass is 206 g/mol.